The number of carbonyl (C=O) groups excluding carboxylic acids is 2. The first-order chi connectivity index (χ1) is 11.5. The van der Waals surface area contributed by atoms with E-state index in [4.69, 9.17) is 22.1 Å². The number of benzene rings is 1. The molecule has 1 heterocycles. The fourth-order valence-electron chi connectivity index (χ4n) is 2.88. The number of hydrogen-bond donors (Lipinski definition) is 2. The van der Waals surface area contributed by atoms with Gasteiger partial charge in [-0.3, -0.25) is 9.69 Å². The van der Waals surface area contributed by atoms with Gasteiger partial charge in [0, 0.05) is 11.6 Å². The van der Waals surface area contributed by atoms with Gasteiger partial charge in [0.05, 0.1) is 11.4 Å². The molecule has 25 heavy (non-hydrogen) atoms. The predicted octanol–water partition coefficient (Wildman–Crippen LogP) is 3.96. The van der Waals surface area contributed by atoms with Crippen molar-refractivity contribution in [2.75, 3.05) is 17.6 Å². The van der Waals surface area contributed by atoms with Crippen LogP contribution in [0.15, 0.2) is 12.1 Å². The molecule has 0 radical (unpaired) electrons. The lowest BCUT2D eigenvalue weighted by Gasteiger charge is -2.35. The summed E-state index contributed by atoms with van der Waals surface area (Å²) < 4.78 is 5.44. The average Bonchev–Trinajstić information content (AvgIpc) is 2.89. The summed E-state index contributed by atoms with van der Waals surface area (Å²) in [6.45, 7) is 9.42. The molecule has 138 valence electrons. The monoisotopic (exact) mass is 367 g/mol. The Kier molecular flexibility index (Phi) is 5.23. The van der Waals surface area contributed by atoms with Gasteiger partial charge in [0.1, 0.15) is 11.1 Å². The van der Waals surface area contributed by atoms with Crippen LogP contribution in [0.25, 0.3) is 0 Å². The number of rotatable bonds is 2. The summed E-state index contributed by atoms with van der Waals surface area (Å²) in [5.74, 6) is -0.288. The van der Waals surface area contributed by atoms with E-state index in [9.17, 15) is 9.59 Å². The van der Waals surface area contributed by atoms with Crippen LogP contribution in [-0.2, 0) is 9.53 Å². The number of hydrogen-bond acceptors (Lipinski definition) is 4. The van der Waals surface area contributed by atoms with Crippen molar-refractivity contribution in [3.05, 3.63) is 22.7 Å². The van der Waals surface area contributed by atoms with Gasteiger partial charge in [0.25, 0.3) is 0 Å². The van der Waals surface area contributed by atoms with Crippen molar-refractivity contribution < 1.29 is 14.3 Å². The first-order valence-electron chi connectivity index (χ1n) is 8.32. The smallest absolute Gasteiger partial charge is 0.411 e. The summed E-state index contributed by atoms with van der Waals surface area (Å²) in [7, 11) is 0. The fraction of sp³-hybridized carbons (Fsp3) is 0.556. The summed E-state index contributed by atoms with van der Waals surface area (Å²) in [4.78, 5) is 26.9. The summed E-state index contributed by atoms with van der Waals surface area (Å²) in [6, 6.07) is 3.35. The van der Waals surface area contributed by atoms with Crippen LogP contribution in [0.2, 0.25) is 5.02 Å². The van der Waals surface area contributed by atoms with Crippen molar-refractivity contribution in [3.63, 3.8) is 0 Å². The Morgan fingerprint density at radius 3 is 2.60 bits per heavy atom. The second kappa shape index (κ2) is 6.75. The Balaban J connectivity index is 2.22. The number of anilines is 2. The van der Waals surface area contributed by atoms with Crippen molar-refractivity contribution in [2.24, 2.45) is 0 Å². The first kappa shape index (κ1) is 19.4. The van der Waals surface area contributed by atoms with Crippen LogP contribution in [0.1, 0.15) is 46.1 Å². The van der Waals surface area contributed by atoms with E-state index in [0.717, 1.165) is 6.42 Å². The number of likely N-dealkylation sites (tertiary alicyclic amines) is 1. The van der Waals surface area contributed by atoms with Crippen molar-refractivity contribution >= 4 is 35.0 Å². The summed E-state index contributed by atoms with van der Waals surface area (Å²) in [5, 5.41) is 3.38. The number of nitrogens with two attached hydrogens (primary N) is 1. The molecule has 1 fully saturated rings. The number of carbonyl (C=O) groups is 2. The molecule has 3 N–H and O–H groups in total. The second-order valence-corrected chi connectivity index (χ2v) is 8.00. The number of nitrogens with zero attached hydrogens (tertiary/aromatic N) is 1. The zero-order chi connectivity index (χ0) is 19.0. The zero-order valence-electron chi connectivity index (χ0n) is 15.4. The maximum Gasteiger partial charge on any atom is 0.411 e. The predicted molar refractivity (Wildman–Crippen MR) is 99.8 cm³/mol. The lowest BCUT2D eigenvalue weighted by atomic mass is 9.97. The minimum absolute atomic E-state index is 0.288. The van der Waals surface area contributed by atoms with Gasteiger partial charge in [-0.15, -0.1) is 0 Å². The van der Waals surface area contributed by atoms with Gasteiger partial charge < -0.3 is 15.8 Å². The second-order valence-electron chi connectivity index (χ2n) is 7.60. The van der Waals surface area contributed by atoms with Crippen LogP contribution in [0.4, 0.5) is 16.2 Å². The Labute approximate surface area is 153 Å². The van der Waals surface area contributed by atoms with Gasteiger partial charge in [-0.2, -0.15) is 0 Å². The third-order valence-electron chi connectivity index (χ3n) is 4.44. The Bertz CT molecular complexity index is 700. The van der Waals surface area contributed by atoms with Crippen LogP contribution >= 0.6 is 11.6 Å². The minimum atomic E-state index is -0.984. The van der Waals surface area contributed by atoms with E-state index < -0.39 is 17.2 Å². The SMILES string of the molecule is Cc1c(Cl)ccc(NC(=O)[C@]2(C)CCCN2C(=O)OC(C)(C)C)c1N. The topological polar surface area (TPSA) is 84.7 Å². The molecular weight excluding hydrogens is 342 g/mol. The summed E-state index contributed by atoms with van der Waals surface area (Å²) in [6.07, 6.45) is 0.811. The number of ether oxygens (including phenoxy) is 1. The van der Waals surface area contributed by atoms with Gasteiger partial charge in [0.15, 0.2) is 0 Å². The van der Waals surface area contributed by atoms with Crippen LogP contribution in [0.3, 0.4) is 0 Å². The van der Waals surface area contributed by atoms with Crippen molar-refractivity contribution in [1.82, 2.24) is 4.90 Å². The molecule has 1 aromatic rings. The van der Waals surface area contributed by atoms with Gasteiger partial charge in [-0.1, -0.05) is 11.6 Å². The van der Waals surface area contributed by atoms with E-state index in [2.05, 4.69) is 5.32 Å². The van der Waals surface area contributed by atoms with E-state index in [1.165, 1.54) is 4.90 Å². The van der Waals surface area contributed by atoms with Crippen molar-refractivity contribution in [2.45, 2.75) is 58.6 Å². The summed E-state index contributed by atoms with van der Waals surface area (Å²) in [5.41, 5.74) is 6.07. The van der Waals surface area contributed by atoms with E-state index in [1.54, 1.807) is 46.8 Å². The molecule has 1 saturated heterocycles. The first-order valence-corrected chi connectivity index (χ1v) is 8.70. The highest BCUT2D eigenvalue weighted by Crippen LogP contribution is 2.34. The Hall–Kier alpha value is -1.95. The molecule has 0 unspecified atom stereocenters. The van der Waals surface area contributed by atoms with E-state index in [1.807, 2.05) is 0 Å². The third-order valence-corrected chi connectivity index (χ3v) is 4.85. The molecule has 6 nitrogen and oxygen atoms in total. The van der Waals surface area contributed by atoms with E-state index >= 15 is 0 Å². The fourth-order valence-corrected chi connectivity index (χ4v) is 3.04. The molecule has 7 heteroatoms. The van der Waals surface area contributed by atoms with Gasteiger partial charge in [0.2, 0.25) is 5.91 Å². The molecule has 0 aromatic heterocycles. The molecular formula is C18H26ClN3O3. The standard InChI is InChI=1S/C18H26ClN3O3/c1-11-12(19)7-8-13(14(11)20)21-15(23)18(5)9-6-10-22(18)16(24)25-17(2,3)4/h7-8H,6,9-10,20H2,1-5H3,(H,21,23)/t18-/m0/s1. The molecule has 0 spiro atoms. The number of amides is 2. The van der Waals surface area contributed by atoms with Crippen LogP contribution < -0.4 is 11.1 Å². The van der Waals surface area contributed by atoms with E-state index in [0.29, 0.717) is 34.9 Å². The molecule has 0 saturated carbocycles. The Morgan fingerprint density at radius 2 is 2.00 bits per heavy atom. The zero-order valence-corrected chi connectivity index (χ0v) is 16.2. The molecule has 2 rings (SSSR count). The maximum atomic E-state index is 12.9. The van der Waals surface area contributed by atoms with E-state index in [-0.39, 0.29) is 5.91 Å². The normalized spacial score (nSPS) is 20.5. The largest absolute Gasteiger partial charge is 0.444 e. The number of nitrogen functional groups attached to an aromatic ring is 1. The summed E-state index contributed by atoms with van der Waals surface area (Å²) >= 11 is 6.04. The number of halogens is 1. The lowest BCUT2D eigenvalue weighted by molar-refractivity contribution is -0.125. The van der Waals surface area contributed by atoms with Crippen LogP contribution in [0, 0.1) is 6.92 Å². The highest BCUT2D eigenvalue weighted by Gasteiger charge is 2.47. The Morgan fingerprint density at radius 1 is 1.36 bits per heavy atom. The molecule has 0 aliphatic carbocycles. The maximum absolute atomic E-state index is 12.9. The average molecular weight is 368 g/mol. The van der Waals surface area contributed by atoms with Crippen molar-refractivity contribution in [3.8, 4) is 0 Å². The lowest BCUT2D eigenvalue weighted by Crippen LogP contribution is -2.54. The molecule has 2 amide bonds. The highest BCUT2D eigenvalue weighted by molar-refractivity contribution is 6.32. The minimum Gasteiger partial charge on any atom is -0.444 e. The van der Waals surface area contributed by atoms with Crippen LogP contribution in [0.5, 0.6) is 0 Å². The molecule has 1 atom stereocenters. The van der Waals surface area contributed by atoms with Gasteiger partial charge in [-0.25, -0.2) is 4.79 Å². The van der Waals surface area contributed by atoms with Crippen molar-refractivity contribution in [1.29, 1.82) is 0 Å². The highest BCUT2D eigenvalue weighted by atomic mass is 35.5. The molecule has 1 aromatic carbocycles. The molecule has 1 aliphatic heterocycles. The number of nitrogens with one attached hydrogen (secondary N) is 1. The molecule has 1 aliphatic rings. The van der Waals surface area contributed by atoms with Gasteiger partial charge in [-0.05, 0) is 65.2 Å². The molecule has 0 bridgehead atoms. The van der Waals surface area contributed by atoms with Gasteiger partial charge >= 0.3 is 6.09 Å². The van der Waals surface area contributed by atoms with Crippen LogP contribution in [-0.4, -0.2) is 34.6 Å². The quantitative estimate of drug-likeness (QED) is 0.775. The third kappa shape index (κ3) is 4.00.